The van der Waals surface area contributed by atoms with E-state index in [0.717, 1.165) is 27.8 Å². The minimum Gasteiger partial charge on any atom is -0.301 e. The van der Waals surface area contributed by atoms with Gasteiger partial charge in [0.15, 0.2) is 0 Å². The van der Waals surface area contributed by atoms with Crippen LogP contribution in [0.15, 0.2) is 17.1 Å². The Morgan fingerprint density at radius 3 is 2.20 bits per heavy atom. The van der Waals surface area contributed by atoms with Crippen LogP contribution in [0, 0.1) is 39.0 Å². The van der Waals surface area contributed by atoms with Crippen LogP contribution in [0.4, 0.5) is 0 Å². The molecule has 0 saturated carbocycles. The predicted molar refractivity (Wildman–Crippen MR) is 78.6 cm³/mol. The Kier molecular flexibility index (Phi) is 3.46. The summed E-state index contributed by atoms with van der Waals surface area (Å²) >= 11 is 0. The van der Waals surface area contributed by atoms with Gasteiger partial charge in [0.05, 0.1) is 11.3 Å². The molecule has 0 atom stereocenters. The normalized spacial score (nSPS) is 10.4. The molecule has 4 nitrogen and oxygen atoms in total. The number of aryl methyl sites for hydroxylation is 3. The lowest BCUT2D eigenvalue weighted by Crippen LogP contribution is -2.21. The maximum atomic E-state index is 11.8. The summed E-state index contributed by atoms with van der Waals surface area (Å²) in [7, 11) is 1.60. The highest BCUT2D eigenvalue weighted by atomic mass is 16.1. The molecule has 0 saturated heterocycles. The van der Waals surface area contributed by atoms with Gasteiger partial charge in [-0.1, -0.05) is 6.07 Å². The minimum atomic E-state index is -0.350. The van der Waals surface area contributed by atoms with Gasteiger partial charge < -0.3 is 4.57 Å². The topological polar surface area (TPSA) is 58.7 Å². The highest BCUT2D eigenvalue weighted by Gasteiger charge is 2.16. The van der Waals surface area contributed by atoms with Crippen molar-refractivity contribution in [2.75, 3.05) is 0 Å². The molecule has 2 rings (SSSR count). The number of benzene rings is 1. The van der Waals surface area contributed by atoms with Crippen molar-refractivity contribution in [2.24, 2.45) is 7.05 Å². The third-order valence-corrected chi connectivity index (χ3v) is 3.81. The molecule has 0 unspecified atom stereocenters. The van der Waals surface area contributed by atoms with E-state index in [4.69, 9.17) is 0 Å². The average Bonchev–Trinajstić information content (AvgIpc) is 2.40. The van der Waals surface area contributed by atoms with Gasteiger partial charge in [-0.25, -0.2) is 4.79 Å². The number of aromatic nitrogens is 2. The van der Waals surface area contributed by atoms with E-state index in [1.807, 2.05) is 27.7 Å². The quantitative estimate of drug-likeness (QED) is 0.797. The second-order valence-corrected chi connectivity index (χ2v) is 5.14. The number of nitriles is 1. The molecule has 1 aromatic carbocycles. The van der Waals surface area contributed by atoms with Crippen LogP contribution in [-0.4, -0.2) is 9.55 Å². The molecule has 2 aromatic rings. The molecule has 1 heterocycles. The van der Waals surface area contributed by atoms with E-state index in [-0.39, 0.29) is 5.69 Å². The Balaban J connectivity index is 2.93. The molecule has 0 bridgehead atoms. The summed E-state index contributed by atoms with van der Waals surface area (Å²) in [6, 6.07) is 4.25. The minimum absolute atomic E-state index is 0.350. The third kappa shape index (κ3) is 2.12. The monoisotopic (exact) mass is 267 g/mol. The molecule has 20 heavy (non-hydrogen) atoms. The number of hydrogen-bond donors (Lipinski definition) is 0. The van der Waals surface area contributed by atoms with Gasteiger partial charge in [0.2, 0.25) is 0 Å². The van der Waals surface area contributed by atoms with Crippen molar-refractivity contribution in [3.63, 3.8) is 0 Å². The van der Waals surface area contributed by atoms with E-state index in [9.17, 15) is 10.1 Å². The van der Waals surface area contributed by atoms with E-state index in [1.54, 1.807) is 13.2 Å². The van der Waals surface area contributed by atoms with Crippen molar-refractivity contribution < 1.29 is 0 Å². The van der Waals surface area contributed by atoms with E-state index < -0.39 is 0 Å². The van der Waals surface area contributed by atoms with Crippen molar-refractivity contribution in [1.82, 2.24) is 9.55 Å². The Hall–Kier alpha value is -2.41. The van der Waals surface area contributed by atoms with Gasteiger partial charge in [-0.15, -0.1) is 0 Å². The van der Waals surface area contributed by atoms with Crippen LogP contribution >= 0.6 is 0 Å². The summed E-state index contributed by atoms with van der Waals surface area (Å²) in [6.45, 7) is 8.05. The fourth-order valence-electron chi connectivity index (χ4n) is 2.39. The smallest absolute Gasteiger partial charge is 0.301 e. The first-order valence-electron chi connectivity index (χ1n) is 6.42. The van der Waals surface area contributed by atoms with Gasteiger partial charge in [0.25, 0.3) is 0 Å². The molecule has 0 amide bonds. The summed E-state index contributed by atoms with van der Waals surface area (Å²) in [5.74, 6) is 0. The zero-order valence-electron chi connectivity index (χ0n) is 12.4. The zero-order chi connectivity index (χ0) is 15.0. The average molecular weight is 267 g/mol. The Morgan fingerprint density at radius 2 is 1.70 bits per heavy atom. The predicted octanol–water partition coefficient (Wildman–Crippen LogP) is 2.55. The second-order valence-electron chi connectivity index (χ2n) is 5.14. The summed E-state index contributed by atoms with van der Waals surface area (Å²) in [6.07, 6.45) is 1.54. The lowest BCUT2D eigenvalue weighted by atomic mass is 9.91. The van der Waals surface area contributed by atoms with Crippen LogP contribution in [0.3, 0.4) is 0 Å². The largest absolute Gasteiger partial charge is 0.347 e. The molecule has 0 aliphatic rings. The number of hydrogen-bond acceptors (Lipinski definition) is 3. The Labute approximate surface area is 118 Å². The SMILES string of the molecule is Cc1cc(C)c(C)c(-c2nc(=O)n(C)cc2C#N)c1C. The van der Waals surface area contributed by atoms with Crippen LogP contribution in [0.25, 0.3) is 11.3 Å². The van der Waals surface area contributed by atoms with Gasteiger partial charge >= 0.3 is 5.69 Å². The first-order valence-corrected chi connectivity index (χ1v) is 6.42. The molecular formula is C16H17N3O. The molecule has 0 aliphatic heterocycles. The summed E-state index contributed by atoms with van der Waals surface area (Å²) in [5.41, 5.74) is 5.84. The lowest BCUT2D eigenvalue weighted by molar-refractivity contribution is 0.808. The fraction of sp³-hybridized carbons (Fsp3) is 0.312. The van der Waals surface area contributed by atoms with Crippen LogP contribution in [0.5, 0.6) is 0 Å². The van der Waals surface area contributed by atoms with Gasteiger partial charge in [-0.3, -0.25) is 0 Å². The first kappa shape index (κ1) is 14.0. The van der Waals surface area contributed by atoms with Crippen LogP contribution in [-0.2, 0) is 7.05 Å². The molecule has 0 fully saturated rings. The molecule has 0 radical (unpaired) electrons. The molecule has 0 N–H and O–H groups in total. The maximum absolute atomic E-state index is 11.8. The molecule has 102 valence electrons. The zero-order valence-corrected chi connectivity index (χ0v) is 12.4. The van der Waals surface area contributed by atoms with Crippen LogP contribution < -0.4 is 5.69 Å². The van der Waals surface area contributed by atoms with Gasteiger partial charge in [-0.05, 0) is 49.9 Å². The standard InChI is InChI=1S/C16H17N3O/c1-9-6-10(2)12(4)14(11(9)3)15-13(7-17)8-19(5)16(20)18-15/h6,8H,1-5H3. The van der Waals surface area contributed by atoms with Crippen LogP contribution in [0.1, 0.15) is 27.8 Å². The van der Waals surface area contributed by atoms with E-state index in [1.165, 1.54) is 4.57 Å². The van der Waals surface area contributed by atoms with Gasteiger partial charge in [0, 0.05) is 18.8 Å². The summed E-state index contributed by atoms with van der Waals surface area (Å²) < 4.78 is 1.33. The molecule has 0 spiro atoms. The van der Waals surface area contributed by atoms with E-state index in [2.05, 4.69) is 17.1 Å². The van der Waals surface area contributed by atoms with Crippen molar-refractivity contribution in [3.05, 3.63) is 50.6 Å². The number of nitrogens with zero attached hydrogens (tertiary/aromatic N) is 3. The highest BCUT2D eigenvalue weighted by molar-refractivity contribution is 5.74. The van der Waals surface area contributed by atoms with Gasteiger partial charge in [-0.2, -0.15) is 10.2 Å². The third-order valence-electron chi connectivity index (χ3n) is 3.81. The molecule has 4 heteroatoms. The Morgan fingerprint density at radius 1 is 1.15 bits per heavy atom. The van der Waals surface area contributed by atoms with Crippen molar-refractivity contribution >= 4 is 0 Å². The van der Waals surface area contributed by atoms with Crippen LogP contribution in [0.2, 0.25) is 0 Å². The lowest BCUT2D eigenvalue weighted by Gasteiger charge is -2.15. The molecule has 0 aliphatic carbocycles. The maximum Gasteiger partial charge on any atom is 0.347 e. The summed E-state index contributed by atoms with van der Waals surface area (Å²) in [5, 5.41) is 9.31. The second kappa shape index (κ2) is 4.93. The van der Waals surface area contributed by atoms with Gasteiger partial charge in [0.1, 0.15) is 6.07 Å². The van der Waals surface area contributed by atoms with Crippen molar-refractivity contribution in [3.8, 4) is 17.3 Å². The Bertz CT molecular complexity index is 769. The van der Waals surface area contributed by atoms with Crippen molar-refractivity contribution in [1.29, 1.82) is 5.26 Å². The fourth-order valence-corrected chi connectivity index (χ4v) is 2.39. The summed E-state index contributed by atoms with van der Waals surface area (Å²) in [4.78, 5) is 15.9. The molecule has 1 aromatic heterocycles. The van der Waals surface area contributed by atoms with E-state index in [0.29, 0.717) is 11.3 Å². The highest BCUT2D eigenvalue weighted by Crippen LogP contribution is 2.31. The van der Waals surface area contributed by atoms with E-state index >= 15 is 0 Å². The molecular weight excluding hydrogens is 250 g/mol. The number of rotatable bonds is 1. The first-order chi connectivity index (χ1) is 9.36. The van der Waals surface area contributed by atoms with Crippen molar-refractivity contribution in [2.45, 2.75) is 27.7 Å².